The molecule has 1 unspecified atom stereocenters. The zero-order valence-electron chi connectivity index (χ0n) is 7.91. The second-order valence-corrected chi connectivity index (χ2v) is 5.95. The molecule has 0 aromatic carbocycles. The van der Waals surface area contributed by atoms with Crippen molar-refractivity contribution >= 4 is 15.6 Å². The van der Waals surface area contributed by atoms with Crippen LogP contribution in [0.1, 0.15) is 20.3 Å². The molecule has 0 aromatic rings. The Labute approximate surface area is 78.8 Å². The predicted molar refractivity (Wildman–Crippen MR) is 51.2 cm³/mol. The van der Waals surface area contributed by atoms with Gasteiger partial charge in [0, 0.05) is 5.92 Å². The van der Waals surface area contributed by atoms with Gasteiger partial charge in [-0.2, -0.15) is 0 Å². The lowest BCUT2D eigenvalue weighted by Gasteiger charge is -2.01. The summed E-state index contributed by atoms with van der Waals surface area (Å²) in [6.45, 7) is 3.67. The highest BCUT2D eigenvalue weighted by atomic mass is 32.2. The van der Waals surface area contributed by atoms with E-state index < -0.39 is 9.84 Å². The van der Waals surface area contributed by atoms with Gasteiger partial charge < -0.3 is 0 Å². The molecular formula is C9H14O3S. The van der Waals surface area contributed by atoms with Gasteiger partial charge in [0.2, 0.25) is 0 Å². The Morgan fingerprint density at radius 3 is 2.38 bits per heavy atom. The highest BCUT2D eigenvalue weighted by Gasteiger charge is 2.31. The lowest BCUT2D eigenvalue weighted by atomic mass is 10.0. The van der Waals surface area contributed by atoms with Crippen LogP contribution in [0.3, 0.4) is 0 Å². The molecule has 0 bridgehead atoms. The fraction of sp³-hybridized carbons (Fsp3) is 0.667. The van der Waals surface area contributed by atoms with Crippen LogP contribution in [0.5, 0.6) is 0 Å². The maximum absolute atomic E-state index is 11.4. The molecule has 0 saturated carbocycles. The molecule has 0 radical (unpaired) electrons. The summed E-state index contributed by atoms with van der Waals surface area (Å²) in [5.41, 5.74) is 0.925. The number of sulfone groups is 1. The van der Waals surface area contributed by atoms with E-state index in [4.69, 9.17) is 0 Å². The van der Waals surface area contributed by atoms with Crippen LogP contribution in [0.25, 0.3) is 0 Å². The largest absolute Gasteiger partial charge is 0.295 e. The van der Waals surface area contributed by atoms with Crippen molar-refractivity contribution < 1.29 is 13.2 Å². The molecule has 0 N–H and O–H groups in total. The Hall–Kier alpha value is -0.640. The first-order chi connectivity index (χ1) is 5.91. The van der Waals surface area contributed by atoms with Gasteiger partial charge in [0.1, 0.15) is 0 Å². The van der Waals surface area contributed by atoms with Crippen LogP contribution in [0, 0.1) is 5.92 Å². The fourth-order valence-electron chi connectivity index (χ4n) is 1.42. The maximum atomic E-state index is 11.4. The summed E-state index contributed by atoms with van der Waals surface area (Å²) in [5, 5.41) is 0. The first kappa shape index (κ1) is 10.4. The number of rotatable bonds is 2. The van der Waals surface area contributed by atoms with E-state index in [1.165, 1.54) is 6.08 Å². The summed E-state index contributed by atoms with van der Waals surface area (Å²) in [6, 6.07) is 0. The molecule has 1 atom stereocenters. The molecule has 3 nitrogen and oxygen atoms in total. The summed E-state index contributed by atoms with van der Waals surface area (Å²) in [7, 11) is -2.93. The van der Waals surface area contributed by atoms with Crippen LogP contribution >= 0.6 is 0 Å². The summed E-state index contributed by atoms with van der Waals surface area (Å²) in [5.74, 6) is -0.128. The molecule has 1 heterocycles. The zero-order valence-corrected chi connectivity index (χ0v) is 8.73. The molecule has 1 aliphatic rings. The van der Waals surface area contributed by atoms with Crippen LogP contribution in [-0.4, -0.2) is 25.7 Å². The van der Waals surface area contributed by atoms with Gasteiger partial charge in [-0.1, -0.05) is 5.57 Å². The molecule has 0 aromatic heterocycles. The predicted octanol–water partition coefficient (Wildman–Crippen LogP) is 0.956. The van der Waals surface area contributed by atoms with Gasteiger partial charge in [0.25, 0.3) is 0 Å². The SMILES string of the molecule is CC(C)=CC(=O)C1CCS(=O)(=O)C1. The van der Waals surface area contributed by atoms with Gasteiger partial charge >= 0.3 is 0 Å². The summed E-state index contributed by atoms with van der Waals surface area (Å²) < 4.78 is 22.1. The number of allylic oxidation sites excluding steroid dienone is 2. The first-order valence-electron chi connectivity index (χ1n) is 4.30. The average molecular weight is 202 g/mol. The lowest BCUT2D eigenvalue weighted by Crippen LogP contribution is -2.13. The summed E-state index contributed by atoms with van der Waals surface area (Å²) >= 11 is 0. The third-order valence-corrected chi connectivity index (χ3v) is 3.83. The number of hydrogen-bond donors (Lipinski definition) is 0. The van der Waals surface area contributed by atoms with Crippen molar-refractivity contribution in [2.24, 2.45) is 5.92 Å². The van der Waals surface area contributed by atoms with Crippen LogP contribution in [0.4, 0.5) is 0 Å². The van der Waals surface area contributed by atoms with E-state index >= 15 is 0 Å². The zero-order chi connectivity index (χ0) is 10.1. The van der Waals surface area contributed by atoms with Gasteiger partial charge in [-0.3, -0.25) is 4.79 Å². The Morgan fingerprint density at radius 2 is 2.00 bits per heavy atom. The van der Waals surface area contributed by atoms with Gasteiger partial charge in [-0.05, 0) is 26.3 Å². The highest BCUT2D eigenvalue weighted by Crippen LogP contribution is 2.19. The molecule has 4 heteroatoms. The van der Waals surface area contributed by atoms with Gasteiger partial charge in [0.15, 0.2) is 15.6 Å². The van der Waals surface area contributed by atoms with Crippen LogP contribution in [0.2, 0.25) is 0 Å². The van der Waals surface area contributed by atoms with Crippen molar-refractivity contribution in [3.8, 4) is 0 Å². The van der Waals surface area contributed by atoms with E-state index in [0.29, 0.717) is 6.42 Å². The van der Waals surface area contributed by atoms with Crippen LogP contribution in [-0.2, 0) is 14.6 Å². The Balaban J connectivity index is 2.68. The molecule has 1 fully saturated rings. The first-order valence-corrected chi connectivity index (χ1v) is 6.12. The van der Waals surface area contributed by atoms with Crippen molar-refractivity contribution in [3.63, 3.8) is 0 Å². The maximum Gasteiger partial charge on any atom is 0.159 e. The quantitative estimate of drug-likeness (QED) is 0.627. The smallest absolute Gasteiger partial charge is 0.159 e. The van der Waals surface area contributed by atoms with E-state index in [1.807, 2.05) is 13.8 Å². The van der Waals surface area contributed by atoms with Gasteiger partial charge in [-0.15, -0.1) is 0 Å². The van der Waals surface area contributed by atoms with Crippen molar-refractivity contribution in [1.29, 1.82) is 0 Å². The van der Waals surface area contributed by atoms with E-state index in [9.17, 15) is 13.2 Å². The van der Waals surface area contributed by atoms with E-state index in [1.54, 1.807) is 0 Å². The van der Waals surface area contributed by atoms with Gasteiger partial charge in [-0.25, -0.2) is 8.42 Å². The second kappa shape index (κ2) is 3.62. The molecule has 74 valence electrons. The second-order valence-electron chi connectivity index (χ2n) is 3.72. The Kier molecular flexibility index (Phi) is 2.91. The molecule has 0 amide bonds. The van der Waals surface area contributed by atoms with E-state index in [2.05, 4.69) is 0 Å². The van der Waals surface area contributed by atoms with Crippen molar-refractivity contribution in [3.05, 3.63) is 11.6 Å². The molecular weight excluding hydrogens is 188 g/mol. The van der Waals surface area contributed by atoms with Crippen LogP contribution < -0.4 is 0 Å². The van der Waals surface area contributed by atoms with Crippen molar-refractivity contribution in [2.75, 3.05) is 11.5 Å². The molecule has 0 aliphatic carbocycles. The van der Waals surface area contributed by atoms with Gasteiger partial charge in [0.05, 0.1) is 11.5 Å². The molecule has 0 spiro atoms. The standard InChI is InChI=1S/C9H14O3S/c1-7(2)5-9(10)8-3-4-13(11,12)6-8/h5,8H,3-4,6H2,1-2H3. The Bertz CT molecular complexity index is 334. The summed E-state index contributed by atoms with van der Waals surface area (Å²) in [4.78, 5) is 11.4. The number of hydrogen-bond acceptors (Lipinski definition) is 3. The highest BCUT2D eigenvalue weighted by molar-refractivity contribution is 7.91. The third-order valence-electron chi connectivity index (χ3n) is 2.07. The minimum Gasteiger partial charge on any atom is -0.295 e. The van der Waals surface area contributed by atoms with E-state index in [-0.39, 0.29) is 23.2 Å². The lowest BCUT2D eigenvalue weighted by molar-refractivity contribution is -0.117. The van der Waals surface area contributed by atoms with Crippen LogP contribution in [0.15, 0.2) is 11.6 Å². The fourth-order valence-corrected chi connectivity index (χ4v) is 3.18. The topological polar surface area (TPSA) is 51.2 Å². The number of ketones is 1. The molecule has 1 rings (SSSR count). The minimum absolute atomic E-state index is 0.0373. The third kappa shape index (κ3) is 2.95. The van der Waals surface area contributed by atoms with Crippen molar-refractivity contribution in [1.82, 2.24) is 0 Å². The monoisotopic (exact) mass is 202 g/mol. The summed E-state index contributed by atoms with van der Waals surface area (Å²) in [6.07, 6.45) is 2.02. The molecule has 1 saturated heterocycles. The molecule has 13 heavy (non-hydrogen) atoms. The van der Waals surface area contributed by atoms with Crippen molar-refractivity contribution in [2.45, 2.75) is 20.3 Å². The number of carbonyl (C=O) groups is 1. The minimum atomic E-state index is -2.93. The normalized spacial score (nSPS) is 25.5. The Morgan fingerprint density at radius 1 is 1.38 bits per heavy atom. The van der Waals surface area contributed by atoms with E-state index in [0.717, 1.165) is 5.57 Å². The number of carbonyl (C=O) groups excluding carboxylic acids is 1. The molecule has 1 aliphatic heterocycles. The average Bonchev–Trinajstić information content (AvgIpc) is 2.28.